The van der Waals surface area contributed by atoms with Crippen LogP contribution >= 0.6 is 0 Å². The fourth-order valence-corrected chi connectivity index (χ4v) is 0.912. The average Bonchev–Trinajstić information content (AvgIpc) is 2.14. The molecular weight excluding hydrogens is 204 g/mol. The molecule has 15 heavy (non-hydrogen) atoms. The quantitative estimate of drug-likeness (QED) is 0.478. The fourth-order valence-electron chi connectivity index (χ4n) is 0.912. The maximum absolute atomic E-state index is 10.7. The highest BCUT2D eigenvalue weighted by molar-refractivity contribution is 5.66. The first-order valence-corrected chi connectivity index (χ1v) is 4.39. The zero-order chi connectivity index (χ0) is 11.8. The van der Waals surface area contributed by atoms with Gasteiger partial charge in [-0.15, -0.1) is 0 Å². The van der Waals surface area contributed by atoms with E-state index in [-0.39, 0.29) is 6.42 Å². The Hall–Kier alpha value is -1.14. The zero-order valence-electron chi connectivity index (χ0n) is 9.31. The highest BCUT2D eigenvalue weighted by atomic mass is 16.7. The third kappa shape index (κ3) is 6.87. The summed E-state index contributed by atoms with van der Waals surface area (Å²) in [5.74, 6) is -0.945. The summed E-state index contributed by atoms with van der Waals surface area (Å²) in [4.78, 5) is 21.3. The predicted octanol–water partition coefficient (Wildman–Crippen LogP) is 0.448. The number of hydrogen-bond donors (Lipinski definition) is 0. The SMILES string of the molecule is COC(CC(OC)OC(C)=O)OC(C)=O. The Bertz CT molecular complexity index is 193. The van der Waals surface area contributed by atoms with Crippen molar-refractivity contribution < 1.29 is 28.5 Å². The minimum absolute atomic E-state index is 0.131. The van der Waals surface area contributed by atoms with Crippen molar-refractivity contribution in [1.82, 2.24) is 0 Å². The summed E-state index contributed by atoms with van der Waals surface area (Å²) in [5, 5.41) is 0. The van der Waals surface area contributed by atoms with Crippen LogP contribution in [0.5, 0.6) is 0 Å². The topological polar surface area (TPSA) is 71.1 Å². The molecule has 2 unspecified atom stereocenters. The van der Waals surface area contributed by atoms with E-state index in [4.69, 9.17) is 18.9 Å². The standard InChI is InChI=1S/C9H16O6/c1-6(10)14-8(12-3)5-9(13-4)15-7(2)11/h8-9H,5H2,1-4H3. The lowest BCUT2D eigenvalue weighted by molar-refractivity contribution is -0.202. The molecule has 0 aliphatic carbocycles. The van der Waals surface area contributed by atoms with Crippen molar-refractivity contribution in [2.45, 2.75) is 32.8 Å². The van der Waals surface area contributed by atoms with E-state index in [1.807, 2.05) is 0 Å². The molecule has 88 valence electrons. The third-order valence-electron chi connectivity index (χ3n) is 1.51. The molecule has 2 atom stereocenters. The summed E-state index contributed by atoms with van der Waals surface area (Å²) in [7, 11) is 2.77. The molecule has 0 radical (unpaired) electrons. The summed E-state index contributed by atoms with van der Waals surface area (Å²) < 4.78 is 19.3. The summed E-state index contributed by atoms with van der Waals surface area (Å²) in [6, 6.07) is 0. The predicted molar refractivity (Wildman–Crippen MR) is 49.7 cm³/mol. The van der Waals surface area contributed by atoms with Crippen molar-refractivity contribution in [3.8, 4) is 0 Å². The van der Waals surface area contributed by atoms with Crippen LogP contribution in [0.1, 0.15) is 20.3 Å². The van der Waals surface area contributed by atoms with Crippen molar-refractivity contribution >= 4 is 11.9 Å². The van der Waals surface area contributed by atoms with Gasteiger partial charge >= 0.3 is 11.9 Å². The van der Waals surface area contributed by atoms with Crippen LogP contribution in [0.25, 0.3) is 0 Å². The Morgan fingerprint density at radius 1 is 0.933 bits per heavy atom. The van der Waals surface area contributed by atoms with Gasteiger partial charge in [0.05, 0.1) is 6.42 Å². The second-order valence-corrected chi connectivity index (χ2v) is 2.79. The van der Waals surface area contributed by atoms with Crippen molar-refractivity contribution in [2.24, 2.45) is 0 Å². The largest absolute Gasteiger partial charge is 0.436 e. The molecule has 6 nitrogen and oxygen atoms in total. The molecule has 0 aromatic carbocycles. The van der Waals surface area contributed by atoms with Crippen LogP contribution in [-0.2, 0) is 28.5 Å². The Morgan fingerprint density at radius 3 is 1.47 bits per heavy atom. The molecule has 0 aromatic heterocycles. The molecule has 0 spiro atoms. The Labute approximate surface area is 88.4 Å². The number of ether oxygens (including phenoxy) is 4. The van der Waals surface area contributed by atoms with Gasteiger partial charge in [-0.25, -0.2) is 0 Å². The van der Waals surface area contributed by atoms with E-state index in [0.29, 0.717) is 0 Å². The Morgan fingerprint density at radius 2 is 1.27 bits per heavy atom. The molecule has 0 saturated heterocycles. The highest BCUT2D eigenvalue weighted by Crippen LogP contribution is 2.08. The van der Waals surface area contributed by atoms with Gasteiger partial charge in [0.2, 0.25) is 12.6 Å². The van der Waals surface area contributed by atoms with E-state index < -0.39 is 24.5 Å². The fraction of sp³-hybridized carbons (Fsp3) is 0.778. The molecule has 6 heteroatoms. The van der Waals surface area contributed by atoms with E-state index in [9.17, 15) is 9.59 Å². The number of carbonyl (C=O) groups is 2. The Balaban J connectivity index is 4.10. The molecule has 0 heterocycles. The number of carbonyl (C=O) groups excluding carboxylic acids is 2. The monoisotopic (exact) mass is 220 g/mol. The van der Waals surface area contributed by atoms with Crippen LogP contribution in [0.15, 0.2) is 0 Å². The van der Waals surface area contributed by atoms with E-state index >= 15 is 0 Å². The molecule has 0 fully saturated rings. The van der Waals surface area contributed by atoms with Crippen molar-refractivity contribution in [3.05, 3.63) is 0 Å². The maximum Gasteiger partial charge on any atom is 0.304 e. The molecule has 0 amide bonds. The van der Waals surface area contributed by atoms with Crippen LogP contribution in [-0.4, -0.2) is 38.7 Å². The van der Waals surface area contributed by atoms with Gasteiger partial charge in [0.1, 0.15) is 0 Å². The van der Waals surface area contributed by atoms with Gasteiger partial charge in [-0.3, -0.25) is 9.59 Å². The van der Waals surface area contributed by atoms with Crippen LogP contribution in [0, 0.1) is 0 Å². The van der Waals surface area contributed by atoms with Gasteiger partial charge in [-0.05, 0) is 0 Å². The minimum atomic E-state index is -0.785. The first kappa shape index (κ1) is 13.9. The number of esters is 2. The maximum atomic E-state index is 10.7. The van der Waals surface area contributed by atoms with Crippen LogP contribution in [0.4, 0.5) is 0 Å². The van der Waals surface area contributed by atoms with Crippen LogP contribution < -0.4 is 0 Å². The Kier molecular flexibility index (Phi) is 6.64. The van der Waals surface area contributed by atoms with Gasteiger partial charge in [0, 0.05) is 28.1 Å². The van der Waals surface area contributed by atoms with E-state index in [2.05, 4.69) is 0 Å². The van der Waals surface area contributed by atoms with Crippen LogP contribution in [0.2, 0.25) is 0 Å². The second kappa shape index (κ2) is 7.19. The first-order chi connectivity index (χ1) is 6.99. The summed E-state index contributed by atoms with van der Waals surface area (Å²) in [6.07, 6.45) is -1.44. The lowest BCUT2D eigenvalue weighted by Gasteiger charge is -2.20. The lowest BCUT2D eigenvalue weighted by atomic mass is 10.4. The molecule has 0 aliphatic heterocycles. The van der Waals surface area contributed by atoms with Crippen molar-refractivity contribution in [3.63, 3.8) is 0 Å². The van der Waals surface area contributed by atoms with Gasteiger partial charge < -0.3 is 18.9 Å². The van der Waals surface area contributed by atoms with Gasteiger partial charge in [0.25, 0.3) is 0 Å². The lowest BCUT2D eigenvalue weighted by Crippen LogP contribution is -2.28. The molecule has 0 saturated carbocycles. The van der Waals surface area contributed by atoms with Crippen LogP contribution in [0.3, 0.4) is 0 Å². The number of hydrogen-bond acceptors (Lipinski definition) is 6. The smallest absolute Gasteiger partial charge is 0.304 e. The second-order valence-electron chi connectivity index (χ2n) is 2.79. The molecule has 0 N–H and O–H groups in total. The summed E-state index contributed by atoms with van der Waals surface area (Å²) >= 11 is 0. The zero-order valence-corrected chi connectivity index (χ0v) is 9.31. The number of rotatable bonds is 6. The average molecular weight is 220 g/mol. The summed E-state index contributed by atoms with van der Waals surface area (Å²) in [6.45, 7) is 2.53. The molecule has 0 aliphatic rings. The highest BCUT2D eigenvalue weighted by Gasteiger charge is 2.20. The molecule has 0 rings (SSSR count). The van der Waals surface area contributed by atoms with E-state index in [1.165, 1.54) is 28.1 Å². The minimum Gasteiger partial charge on any atom is -0.436 e. The van der Waals surface area contributed by atoms with E-state index in [1.54, 1.807) is 0 Å². The molecule has 0 aromatic rings. The van der Waals surface area contributed by atoms with Gasteiger partial charge in [-0.2, -0.15) is 0 Å². The third-order valence-corrected chi connectivity index (χ3v) is 1.51. The van der Waals surface area contributed by atoms with Gasteiger partial charge in [0.15, 0.2) is 0 Å². The molecule has 0 bridgehead atoms. The normalized spacial score (nSPS) is 14.1. The summed E-state index contributed by atoms with van der Waals surface area (Å²) in [5.41, 5.74) is 0. The van der Waals surface area contributed by atoms with E-state index in [0.717, 1.165) is 0 Å². The number of methoxy groups -OCH3 is 2. The first-order valence-electron chi connectivity index (χ1n) is 4.39. The van der Waals surface area contributed by atoms with Crippen molar-refractivity contribution in [2.75, 3.05) is 14.2 Å². The van der Waals surface area contributed by atoms with Crippen molar-refractivity contribution in [1.29, 1.82) is 0 Å². The van der Waals surface area contributed by atoms with Gasteiger partial charge in [-0.1, -0.05) is 0 Å². The molecular formula is C9H16O6.